The van der Waals surface area contributed by atoms with Crippen molar-refractivity contribution in [3.8, 4) is 0 Å². The van der Waals surface area contributed by atoms with Crippen molar-refractivity contribution in [1.82, 2.24) is 24.8 Å². The number of amides is 1. The van der Waals surface area contributed by atoms with Crippen LogP contribution in [0.25, 0.3) is 5.52 Å². The van der Waals surface area contributed by atoms with Crippen LogP contribution in [-0.4, -0.2) is 30.7 Å². The van der Waals surface area contributed by atoms with Gasteiger partial charge in [0.1, 0.15) is 5.52 Å². The predicted molar refractivity (Wildman–Crippen MR) is 135 cm³/mol. The summed E-state index contributed by atoms with van der Waals surface area (Å²) in [7, 11) is 0. The van der Waals surface area contributed by atoms with Gasteiger partial charge in [-0.2, -0.15) is 10.1 Å². The number of rotatable bonds is 8. The van der Waals surface area contributed by atoms with Crippen LogP contribution in [0.4, 0.5) is 23.0 Å². The Bertz CT molecular complexity index is 1480. The number of aryl methyl sites for hydroxylation is 1. The van der Waals surface area contributed by atoms with Gasteiger partial charge in [0.15, 0.2) is 11.6 Å². The monoisotopic (exact) mass is 486 g/mol. The third-order valence-electron chi connectivity index (χ3n) is 5.11. The number of nitrogens with two attached hydrogens (primary N) is 1. The van der Waals surface area contributed by atoms with Crippen LogP contribution >= 0.6 is 12.0 Å². The first-order valence-corrected chi connectivity index (χ1v) is 11.5. The molecule has 0 saturated heterocycles. The normalized spacial score (nSPS) is 11.0. The number of hydrogen-bond acceptors (Lipinski definition) is 8. The van der Waals surface area contributed by atoms with Crippen LogP contribution in [0.1, 0.15) is 21.6 Å². The first-order valence-electron chi connectivity index (χ1n) is 10.7. The van der Waals surface area contributed by atoms with Gasteiger partial charge in [0, 0.05) is 23.5 Å². The molecule has 0 radical (unpaired) electrons. The fraction of sp³-hybridized carbons (Fsp3) is 0.0833. The summed E-state index contributed by atoms with van der Waals surface area (Å²) in [6.45, 7) is 2.24. The van der Waals surface area contributed by atoms with E-state index in [1.54, 1.807) is 28.8 Å². The predicted octanol–water partition coefficient (Wildman–Crippen LogP) is 4.56. The van der Waals surface area contributed by atoms with Gasteiger partial charge in [-0.1, -0.05) is 24.3 Å². The molecule has 0 unspecified atom stereocenters. The van der Waals surface area contributed by atoms with Gasteiger partial charge in [-0.15, -0.1) is 5.10 Å². The highest BCUT2D eigenvalue weighted by molar-refractivity contribution is 7.94. The highest BCUT2D eigenvalue weighted by Gasteiger charge is 2.11. The number of benzene rings is 2. The molecule has 0 spiro atoms. The number of carbonyl (C=O) groups is 1. The number of carbonyl (C=O) groups excluding carboxylic acids is 1. The summed E-state index contributed by atoms with van der Waals surface area (Å²) in [5.41, 5.74) is 10.2. The molecular weight excluding hydrogens is 464 g/mol. The summed E-state index contributed by atoms with van der Waals surface area (Å²) in [5.74, 6) is 1.06. The zero-order valence-corrected chi connectivity index (χ0v) is 19.5. The van der Waals surface area contributed by atoms with Crippen LogP contribution in [0, 0.1) is 6.92 Å². The van der Waals surface area contributed by atoms with Gasteiger partial charge >= 0.3 is 0 Å². The second kappa shape index (κ2) is 9.87. The van der Waals surface area contributed by atoms with E-state index < -0.39 is 0 Å². The molecule has 2 aromatic carbocycles. The van der Waals surface area contributed by atoms with Crippen LogP contribution in [0.5, 0.6) is 0 Å². The SMILES string of the molecule is Cc1cc(Nc2nc(SOCc3ccc(C(=O)Nc4ccccc4N)cc3)nn3cccc23)n[nH]1. The molecule has 5 aromatic rings. The van der Waals surface area contributed by atoms with E-state index in [9.17, 15) is 4.79 Å². The average Bonchev–Trinajstić information content (AvgIpc) is 3.50. The molecule has 0 aliphatic heterocycles. The van der Waals surface area contributed by atoms with E-state index in [2.05, 4.69) is 30.9 Å². The number of H-pyrrole nitrogens is 1. The van der Waals surface area contributed by atoms with Crippen LogP contribution in [0.15, 0.2) is 78.1 Å². The number of nitrogens with one attached hydrogen (secondary N) is 3. The van der Waals surface area contributed by atoms with Crippen molar-refractivity contribution >= 4 is 46.5 Å². The Kier molecular flexibility index (Phi) is 6.33. The first kappa shape index (κ1) is 22.4. The van der Waals surface area contributed by atoms with E-state index in [4.69, 9.17) is 9.92 Å². The lowest BCUT2D eigenvalue weighted by atomic mass is 10.1. The minimum Gasteiger partial charge on any atom is -0.397 e. The van der Waals surface area contributed by atoms with Crippen molar-refractivity contribution < 1.29 is 8.98 Å². The molecule has 3 heterocycles. The maximum atomic E-state index is 12.5. The number of nitrogen functional groups attached to an aromatic ring is 1. The Hall–Kier alpha value is -4.35. The van der Waals surface area contributed by atoms with Crippen molar-refractivity contribution in [2.24, 2.45) is 0 Å². The average molecular weight is 487 g/mol. The molecule has 11 heteroatoms. The van der Waals surface area contributed by atoms with Crippen LogP contribution in [-0.2, 0) is 10.8 Å². The van der Waals surface area contributed by atoms with E-state index in [1.807, 2.05) is 55.6 Å². The summed E-state index contributed by atoms with van der Waals surface area (Å²) in [6, 6.07) is 20.0. The van der Waals surface area contributed by atoms with E-state index in [1.165, 1.54) is 0 Å². The molecule has 0 fully saturated rings. The van der Waals surface area contributed by atoms with Gasteiger partial charge in [0.25, 0.3) is 5.91 Å². The highest BCUT2D eigenvalue weighted by atomic mass is 32.2. The molecule has 3 aromatic heterocycles. The second-order valence-corrected chi connectivity index (χ2v) is 8.49. The molecule has 0 aliphatic carbocycles. The smallest absolute Gasteiger partial charge is 0.255 e. The lowest BCUT2D eigenvalue weighted by molar-refractivity contribution is 0.102. The summed E-state index contributed by atoms with van der Waals surface area (Å²) >= 11 is 1.07. The number of fused-ring (bicyclic) bond motifs is 1. The maximum Gasteiger partial charge on any atom is 0.255 e. The molecule has 176 valence electrons. The molecule has 10 nitrogen and oxygen atoms in total. The topological polar surface area (TPSA) is 135 Å². The summed E-state index contributed by atoms with van der Waals surface area (Å²) < 4.78 is 7.49. The molecular formula is C24H22N8O2S. The Labute approximate surface area is 205 Å². The highest BCUT2D eigenvalue weighted by Crippen LogP contribution is 2.24. The summed E-state index contributed by atoms with van der Waals surface area (Å²) in [5, 5.41) is 18.0. The standard InChI is InChI=1S/C24H22N8O2S/c1-15-13-21(30-29-15)27-22-20-7-4-12-32(20)31-24(28-22)35-34-14-16-8-10-17(11-9-16)23(33)26-19-6-3-2-5-18(19)25/h2-13H,14,25H2,1H3,(H,26,33)(H2,27,28,29,30,31). The van der Waals surface area contributed by atoms with Crippen molar-refractivity contribution in [2.75, 3.05) is 16.4 Å². The number of aromatic amines is 1. The van der Waals surface area contributed by atoms with Gasteiger partial charge in [-0.05, 0) is 48.9 Å². The molecule has 0 atom stereocenters. The van der Waals surface area contributed by atoms with Gasteiger partial charge < -0.3 is 20.6 Å². The number of nitrogens with zero attached hydrogens (tertiary/aromatic N) is 4. The zero-order chi connectivity index (χ0) is 24.2. The number of para-hydroxylation sites is 2. The summed E-state index contributed by atoms with van der Waals surface area (Å²) in [4.78, 5) is 17.1. The van der Waals surface area contributed by atoms with Gasteiger partial charge in [-0.25, -0.2) is 4.52 Å². The number of aromatic nitrogens is 5. The van der Waals surface area contributed by atoms with E-state index >= 15 is 0 Å². The van der Waals surface area contributed by atoms with Crippen molar-refractivity contribution in [2.45, 2.75) is 18.7 Å². The Morgan fingerprint density at radius 3 is 2.74 bits per heavy atom. The number of anilines is 4. The van der Waals surface area contributed by atoms with Gasteiger partial charge in [0.2, 0.25) is 5.16 Å². The molecule has 0 aliphatic rings. The molecule has 5 N–H and O–H groups in total. The van der Waals surface area contributed by atoms with Crippen LogP contribution in [0.2, 0.25) is 0 Å². The van der Waals surface area contributed by atoms with E-state index in [0.29, 0.717) is 40.3 Å². The van der Waals surface area contributed by atoms with E-state index in [0.717, 1.165) is 28.8 Å². The summed E-state index contributed by atoms with van der Waals surface area (Å²) in [6.07, 6.45) is 1.84. The third kappa shape index (κ3) is 5.26. The largest absolute Gasteiger partial charge is 0.397 e. The lowest BCUT2D eigenvalue weighted by Gasteiger charge is -2.09. The lowest BCUT2D eigenvalue weighted by Crippen LogP contribution is -2.13. The quantitative estimate of drug-likeness (QED) is 0.185. The molecule has 1 amide bonds. The Balaban J connectivity index is 1.21. The van der Waals surface area contributed by atoms with E-state index in [-0.39, 0.29) is 5.91 Å². The minimum atomic E-state index is -0.231. The number of hydrogen-bond donors (Lipinski definition) is 4. The Morgan fingerprint density at radius 1 is 1.14 bits per heavy atom. The van der Waals surface area contributed by atoms with Gasteiger partial charge in [0.05, 0.1) is 30.0 Å². The van der Waals surface area contributed by atoms with Crippen molar-refractivity contribution in [3.05, 3.63) is 89.7 Å². The maximum absolute atomic E-state index is 12.5. The molecule has 35 heavy (non-hydrogen) atoms. The Morgan fingerprint density at radius 2 is 1.97 bits per heavy atom. The van der Waals surface area contributed by atoms with Gasteiger partial charge in [-0.3, -0.25) is 9.89 Å². The zero-order valence-electron chi connectivity index (χ0n) is 18.7. The van der Waals surface area contributed by atoms with Crippen molar-refractivity contribution in [3.63, 3.8) is 0 Å². The fourth-order valence-corrected chi connectivity index (χ4v) is 3.90. The van der Waals surface area contributed by atoms with Crippen LogP contribution < -0.4 is 16.4 Å². The second-order valence-electron chi connectivity index (χ2n) is 7.73. The molecule has 5 rings (SSSR count). The van der Waals surface area contributed by atoms with Crippen LogP contribution in [0.3, 0.4) is 0 Å². The fourth-order valence-electron chi connectivity index (χ4n) is 3.35. The molecule has 0 saturated carbocycles. The molecule has 0 bridgehead atoms. The minimum absolute atomic E-state index is 0.231. The first-order chi connectivity index (χ1) is 17.0. The van der Waals surface area contributed by atoms with Crippen molar-refractivity contribution in [1.29, 1.82) is 0 Å². The third-order valence-corrected chi connectivity index (χ3v) is 5.67.